The molecule has 0 aliphatic rings. The lowest BCUT2D eigenvalue weighted by atomic mass is 9.99. The van der Waals surface area contributed by atoms with Crippen LogP contribution in [0.1, 0.15) is 39.2 Å². The van der Waals surface area contributed by atoms with Gasteiger partial charge in [0.15, 0.2) is 0 Å². The van der Waals surface area contributed by atoms with E-state index in [0.29, 0.717) is 12.5 Å². The molecule has 0 spiro atoms. The van der Waals surface area contributed by atoms with Gasteiger partial charge in [0, 0.05) is 5.92 Å². The molecule has 0 aliphatic heterocycles. The van der Waals surface area contributed by atoms with Crippen molar-refractivity contribution in [1.82, 2.24) is 0 Å². The number of benzene rings is 1. The Hall–Kier alpha value is -1.07. The number of nitrogens with two attached hydrogens (primary N) is 1. The zero-order valence-electron chi connectivity index (χ0n) is 12.7. The van der Waals surface area contributed by atoms with E-state index in [2.05, 4.69) is 13.8 Å². The molecule has 1 atom stereocenters. The summed E-state index contributed by atoms with van der Waals surface area (Å²) in [7, 11) is -3.47. The van der Waals surface area contributed by atoms with Crippen LogP contribution < -0.4 is 9.88 Å². The first-order valence-corrected chi connectivity index (χ1v) is 8.64. The van der Waals surface area contributed by atoms with Crippen LogP contribution in [0.3, 0.4) is 0 Å². The van der Waals surface area contributed by atoms with Gasteiger partial charge in [-0.3, -0.25) is 0 Å². The molecule has 0 aromatic heterocycles. The summed E-state index contributed by atoms with van der Waals surface area (Å²) in [6.45, 7) is 8.57. The van der Waals surface area contributed by atoms with Gasteiger partial charge in [0.2, 0.25) is 10.0 Å². The Morgan fingerprint density at radius 3 is 2.05 bits per heavy atom. The van der Waals surface area contributed by atoms with Gasteiger partial charge in [0.25, 0.3) is 0 Å². The molecule has 2 N–H and O–H groups in total. The second-order valence-electron chi connectivity index (χ2n) is 5.87. The molecule has 0 fully saturated rings. The van der Waals surface area contributed by atoms with Crippen LogP contribution in [-0.4, -0.2) is 20.8 Å². The summed E-state index contributed by atoms with van der Waals surface area (Å²) in [5.74, 6) is 1.29. The van der Waals surface area contributed by atoms with Crippen LogP contribution in [0.25, 0.3) is 0 Å². The first-order valence-electron chi connectivity index (χ1n) is 6.92. The minimum absolute atomic E-state index is 0.0469. The molecule has 0 heterocycles. The highest BCUT2D eigenvalue weighted by atomic mass is 32.2. The highest BCUT2D eigenvalue weighted by Gasteiger charge is 2.20. The third kappa shape index (κ3) is 5.92. The van der Waals surface area contributed by atoms with Gasteiger partial charge in [-0.25, -0.2) is 13.6 Å². The molecule has 1 rings (SSSR count). The molecule has 0 aliphatic carbocycles. The van der Waals surface area contributed by atoms with Crippen LogP contribution in [0.15, 0.2) is 24.3 Å². The lowest BCUT2D eigenvalue weighted by molar-refractivity contribution is 0.225. The molecule has 114 valence electrons. The van der Waals surface area contributed by atoms with Crippen molar-refractivity contribution in [2.75, 3.05) is 12.4 Å². The molecule has 0 saturated carbocycles. The molecule has 0 bridgehead atoms. The fourth-order valence-corrected chi connectivity index (χ4v) is 2.96. The van der Waals surface area contributed by atoms with E-state index in [4.69, 9.17) is 9.88 Å². The van der Waals surface area contributed by atoms with Gasteiger partial charge in [0.1, 0.15) is 5.75 Å². The minimum atomic E-state index is -3.47. The van der Waals surface area contributed by atoms with E-state index < -0.39 is 10.0 Å². The van der Waals surface area contributed by atoms with Crippen LogP contribution in [0.4, 0.5) is 0 Å². The van der Waals surface area contributed by atoms with E-state index in [1.165, 1.54) is 5.56 Å². The average molecular weight is 299 g/mol. The van der Waals surface area contributed by atoms with Crippen molar-refractivity contribution in [1.29, 1.82) is 0 Å². The van der Waals surface area contributed by atoms with E-state index in [1.807, 2.05) is 38.1 Å². The summed E-state index contributed by atoms with van der Waals surface area (Å²) >= 11 is 0. The molecule has 0 radical (unpaired) electrons. The molecule has 1 aromatic carbocycles. The highest BCUT2D eigenvalue weighted by molar-refractivity contribution is 7.89. The molecule has 5 heteroatoms. The number of ether oxygens (including phenoxy) is 1. The maximum absolute atomic E-state index is 11.2. The van der Waals surface area contributed by atoms with E-state index in [-0.39, 0.29) is 17.6 Å². The van der Waals surface area contributed by atoms with Crippen molar-refractivity contribution >= 4 is 10.0 Å². The maximum atomic E-state index is 11.2. The second-order valence-corrected chi connectivity index (χ2v) is 7.53. The third-order valence-electron chi connectivity index (χ3n) is 3.40. The molecular formula is C15H25NO3S. The Morgan fingerprint density at radius 2 is 1.65 bits per heavy atom. The summed E-state index contributed by atoms with van der Waals surface area (Å²) in [6, 6.07) is 7.90. The third-order valence-corrected chi connectivity index (χ3v) is 4.29. The van der Waals surface area contributed by atoms with Crippen LogP contribution in [0.5, 0.6) is 5.75 Å². The summed E-state index contributed by atoms with van der Waals surface area (Å²) < 4.78 is 28.1. The van der Waals surface area contributed by atoms with Gasteiger partial charge in [0.05, 0.1) is 12.4 Å². The summed E-state index contributed by atoms with van der Waals surface area (Å²) in [4.78, 5) is 0. The number of sulfonamides is 1. The first kappa shape index (κ1) is 17.0. The van der Waals surface area contributed by atoms with Crippen LogP contribution >= 0.6 is 0 Å². The van der Waals surface area contributed by atoms with Gasteiger partial charge in [-0.15, -0.1) is 0 Å². The van der Waals surface area contributed by atoms with Gasteiger partial charge >= 0.3 is 0 Å². The molecule has 1 unspecified atom stereocenters. The van der Waals surface area contributed by atoms with Gasteiger partial charge in [-0.2, -0.15) is 0 Å². The van der Waals surface area contributed by atoms with Crippen molar-refractivity contribution in [2.45, 2.75) is 33.6 Å². The van der Waals surface area contributed by atoms with Crippen LogP contribution in [-0.2, 0) is 10.0 Å². The Bertz CT molecular complexity index is 506. The summed E-state index contributed by atoms with van der Waals surface area (Å²) in [6.07, 6.45) is 0. The Balaban J connectivity index is 2.63. The smallest absolute Gasteiger partial charge is 0.209 e. The minimum Gasteiger partial charge on any atom is -0.493 e. The lowest BCUT2D eigenvalue weighted by Gasteiger charge is -2.20. The zero-order chi connectivity index (χ0) is 15.3. The van der Waals surface area contributed by atoms with E-state index in [9.17, 15) is 8.42 Å². The average Bonchev–Trinajstić information content (AvgIpc) is 2.33. The van der Waals surface area contributed by atoms with E-state index in [1.54, 1.807) is 0 Å². The lowest BCUT2D eigenvalue weighted by Crippen LogP contribution is -2.30. The number of hydrogen-bond acceptors (Lipinski definition) is 3. The SMILES string of the molecule is CC(C)c1ccc(OCC(CS(N)(=O)=O)C(C)C)cc1. The fourth-order valence-electron chi connectivity index (χ4n) is 1.88. The first-order chi connectivity index (χ1) is 9.19. The maximum Gasteiger partial charge on any atom is 0.209 e. The van der Waals surface area contributed by atoms with Gasteiger partial charge in [-0.05, 0) is 29.5 Å². The quantitative estimate of drug-likeness (QED) is 0.841. The van der Waals surface area contributed by atoms with Crippen LogP contribution in [0.2, 0.25) is 0 Å². The van der Waals surface area contributed by atoms with Gasteiger partial charge in [-0.1, -0.05) is 39.8 Å². The molecule has 4 nitrogen and oxygen atoms in total. The molecule has 0 saturated heterocycles. The monoisotopic (exact) mass is 299 g/mol. The Kier molecular flexibility index (Phi) is 6.02. The standard InChI is InChI=1S/C15H25NO3S/c1-11(2)13-5-7-15(8-6-13)19-9-14(12(3)4)10-20(16,17)18/h5-8,11-12,14H,9-10H2,1-4H3,(H2,16,17,18). The van der Waals surface area contributed by atoms with Crippen LogP contribution in [0, 0.1) is 11.8 Å². The van der Waals surface area contributed by atoms with E-state index >= 15 is 0 Å². The van der Waals surface area contributed by atoms with Crippen molar-refractivity contribution < 1.29 is 13.2 Å². The topological polar surface area (TPSA) is 69.4 Å². The van der Waals surface area contributed by atoms with Gasteiger partial charge < -0.3 is 4.74 Å². The molecule has 20 heavy (non-hydrogen) atoms. The normalized spacial score (nSPS) is 13.8. The predicted molar refractivity (Wildman–Crippen MR) is 82.3 cm³/mol. The largest absolute Gasteiger partial charge is 0.493 e. The number of rotatable bonds is 7. The zero-order valence-corrected chi connectivity index (χ0v) is 13.5. The molecule has 0 amide bonds. The van der Waals surface area contributed by atoms with Crippen molar-refractivity contribution in [3.8, 4) is 5.75 Å². The van der Waals surface area contributed by atoms with Crippen molar-refractivity contribution in [3.05, 3.63) is 29.8 Å². The Labute approximate surface area is 122 Å². The fraction of sp³-hybridized carbons (Fsp3) is 0.600. The summed E-state index contributed by atoms with van der Waals surface area (Å²) in [5, 5.41) is 5.11. The molecular weight excluding hydrogens is 274 g/mol. The summed E-state index contributed by atoms with van der Waals surface area (Å²) in [5.41, 5.74) is 1.25. The molecule has 1 aromatic rings. The predicted octanol–water partition coefficient (Wildman–Crippen LogP) is 2.75. The van der Waals surface area contributed by atoms with Crippen molar-refractivity contribution in [2.24, 2.45) is 17.0 Å². The van der Waals surface area contributed by atoms with E-state index in [0.717, 1.165) is 5.75 Å². The Morgan fingerprint density at radius 1 is 1.10 bits per heavy atom. The van der Waals surface area contributed by atoms with Crippen molar-refractivity contribution in [3.63, 3.8) is 0 Å². The second kappa shape index (κ2) is 7.09. The number of hydrogen-bond donors (Lipinski definition) is 1. The highest BCUT2D eigenvalue weighted by Crippen LogP contribution is 2.20. The number of primary sulfonamides is 1.